The SMILES string of the molecule is c1ccc(P2CN3CN(C2)CP(c2ccccc2)C3)cc1. The van der Waals surface area contributed by atoms with Gasteiger partial charge in [0.05, 0.1) is 6.67 Å². The lowest BCUT2D eigenvalue weighted by atomic mass is 10.4. The first kappa shape index (κ1) is 13.9. The van der Waals surface area contributed by atoms with Crippen LogP contribution in [0.2, 0.25) is 0 Å². The summed E-state index contributed by atoms with van der Waals surface area (Å²) in [5.41, 5.74) is 0. The first-order valence-electron chi connectivity index (χ1n) is 7.43. The van der Waals surface area contributed by atoms with E-state index in [1.54, 1.807) is 10.6 Å². The number of rotatable bonds is 2. The molecule has 4 heteroatoms. The Kier molecular flexibility index (Phi) is 4.05. The van der Waals surface area contributed by atoms with Gasteiger partial charge in [-0.1, -0.05) is 60.7 Å². The van der Waals surface area contributed by atoms with Gasteiger partial charge in [0.2, 0.25) is 0 Å². The van der Waals surface area contributed by atoms with Crippen LogP contribution < -0.4 is 10.6 Å². The normalized spacial score (nSPS) is 31.8. The Morgan fingerprint density at radius 2 is 0.952 bits per heavy atom. The molecule has 0 atom stereocenters. The Labute approximate surface area is 129 Å². The fourth-order valence-electron chi connectivity index (χ4n) is 3.21. The molecule has 108 valence electrons. The second kappa shape index (κ2) is 6.15. The summed E-state index contributed by atoms with van der Waals surface area (Å²) in [4.78, 5) is 5.37. The molecule has 21 heavy (non-hydrogen) atoms. The molecule has 2 aliphatic heterocycles. The molecule has 2 nitrogen and oxygen atoms in total. The predicted molar refractivity (Wildman–Crippen MR) is 94.0 cm³/mol. The molecular formula is C17H20N2P2. The van der Waals surface area contributed by atoms with E-state index >= 15 is 0 Å². The van der Waals surface area contributed by atoms with Gasteiger partial charge in [0, 0.05) is 25.1 Å². The fourth-order valence-corrected chi connectivity index (χ4v) is 8.23. The van der Waals surface area contributed by atoms with Crippen LogP contribution in [0.5, 0.6) is 0 Å². The fraction of sp³-hybridized carbons (Fsp3) is 0.294. The standard InChI is InChI=1S/C17H20N2P2/c1-3-7-16(8-4-1)20-12-18-11-19(13-20)15-21(14-18)17-9-5-2-6-10-17/h1-10H,11-15H2. The van der Waals surface area contributed by atoms with Crippen molar-refractivity contribution in [2.24, 2.45) is 0 Å². The summed E-state index contributed by atoms with van der Waals surface area (Å²) in [5, 5.41) is 3.13. The zero-order valence-electron chi connectivity index (χ0n) is 12.1. The molecule has 0 radical (unpaired) electrons. The van der Waals surface area contributed by atoms with E-state index in [0.29, 0.717) is 0 Å². The second-order valence-electron chi connectivity index (χ2n) is 5.80. The van der Waals surface area contributed by atoms with Crippen molar-refractivity contribution < 1.29 is 0 Å². The third-order valence-corrected chi connectivity index (χ3v) is 9.15. The number of fused-ring (bicyclic) bond motifs is 2. The van der Waals surface area contributed by atoms with Crippen molar-refractivity contribution in [1.82, 2.24) is 9.80 Å². The first-order valence-corrected chi connectivity index (χ1v) is 10.9. The van der Waals surface area contributed by atoms with Crippen molar-refractivity contribution in [3.05, 3.63) is 60.7 Å². The highest BCUT2D eigenvalue weighted by Gasteiger charge is 2.33. The summed E-state index contributed by atoms with van der Waals surface area (Å²) in [6.07, 6.45) is 5.12. The molecule has 0 spiro atoms. The Morgan fingerprint density at radius 1 is 0.571 bits per heavy atom. The number of nitrogens with zero attached hydrogens (tertiary/aromatic N) is 2. The van der Waals surface area contributed by atoms with Gasteiger partial charge in [-0.25, -0.2) is 0 Å². The van der Waals surface area contributed by atoms with E-state index in [9.17, 15) is 0 Å². The maximum Gasteiger partial charge on any atom is 0.0520 e. The van der Waals surface area contributed by atoms with Crippen molar-refractivity contribution >= 4 is 26.5 Å². The quantitative estimate of drug-likeness (QED) is 0.786. The van der Waals surface area contributed by atoms with E-state index in [0.717, 1.165) is 0 Å². The average molecular weight is 314 g/mol. The predicted octanol–water partition coefficient (Wildman–Crippen LogP) is 3.02. The molecule has 0 aliphatic carbocycles. The molecule has 2 heterocycles. The van der Waals surface area contributed by atoms with Crippen molar-refractivity contribution in [3.63, 3.8) is 0 Å². The van der Waals surface area contributed by atoms with Crippen LogP contribution >= 0.6 is 15.8 Å². The third kappa shape index (κ3) is 3.05. The molecule has 2 bridgehead atoms. The highest BCUT2D eigenvalue weighted by Crippen LogP contribution is 2.48. The third-order valence-electron chi connectivity index (χ3n) is 4.13. The highest BCUT2D eigenvalue weighted by molar-refractivity contribution is 7.67. The zero-order valence-corrected chi connectivity index (χ0v) is 13.9. The molecule has 0 aromatic heterocycles. The Bertz CT molecular complexity index is 525. The topological polar surface area (TPSA) is 6.48 Å². The van der Waals surface area contributed by atoms with Crippen molar-refractivity contribution in [3.8, 4) is 0 Å². The molecule has 2 aliphatic rings. The van der Waals surface area contributed by atoms with Crippen LogP contribution in [0.3, 0.4) is 0 Å². The van der Waals surface area contributed by atoms with Gasteiger partial charge in [-0.3, -0.25) is 9.80 Å². The zero-order chi connectivity index (χ0) is 14.1. The summed E-state index contributed by atoms with van der Waals surface area (Å²) < 4.78 is 0. The summed E-state index contributed by atoms with van der Waals surface area (Å²) in [7, 11) is -0.0516. The van der Waals surface area contributed by atoms with E-state index in [1.807, 2.05) is 0 Å². The van der Waals surface area contributed by atoms with E-state index in [2.05, 4.69) is 70.5 Å². The van der Waals surface area contributed by atoms with Crippen LogP contribution in [-0.4, -0.2) is 41.6 Å². The van der Waals surface area contributed by atoms with Gasteiger partial charge in [-0.2, -0.15) is 0 Å². The van der Waals surface area contributed by atoms with Gasteiger partial charge in [0.25, 0.3) is 0 Å². The van der Waals surface area contributed by atoms with Gasteiger partial charge in [-0.15, -0.1) is 0 Å². The summed E-state index contributed by atoms with van der Waals surface area (Å²) in [6, 6.07) is 22.2. The average Bonchev–Trinajstić information content (AvgIpc) is 2.55. The van der Waals surface area contributed by atoms with Gasteiger partial charge in [-0.05, 0) is 26.5 Å². The summed E-state index contributed by atoms with van der Waals surface area (Å²) >= 11 is 0. The maximum atomic E-state index is 2.68. The largest absolute Gasteiger partial charge is 0.282 e. The Hall–Kier alpha value is -0.780. The van der Waals surface area contributed by atoms with Gasteiger partial charge < -0.3 is 0 Å². The number of hydrogen-bond acceptors (Lipinski definition) is 2. The number of hydrogen-bond donors (Lipinski definition) is 0. The van der Waals surface area contributed by atoms with Gasteiger partial charge >= 0.3 is 0 Å². The summed E-state index contributed by atoms with van der Waals surface area (Å²) in [6.45, 7) is 1.18. The number of benzene rings is 2. The van der Waals surface area contributed by atoms with Crippen molar-refractivity contribution in [1.29, 1.82) is 0 Å². The monoisotopic (exact) mass is 314 g/mol. The minimum absolute atomic E-state index is 0.0258. The van der Waals surface area contributed by atoms with E-state index in [1.165, 1.54) is 31.8 Å². The molecule has 0 N–H and O–H groups in total. The van der Waals surface area contributed by atoms with Crippen LogP contribution in [0.4, 0.5) is 0 Å². The lowest BCUT2D eigenvalue weighted by Crippen LogP contribution is -2.49. The minimum Gasteiger partial charge on any atom is -0.282 e. The van der Waals surface area contributed by atoms with E-state index in [-0.39, 0.29) is 15.8 Å². The molecule has 2 aromatic rings. The molecule has 2 saturated heterocycles. The second-order valence-corrected chi connectivity index (χ2v) is 10.1. The molecule has 2 fully saturated rings. The molecule has 2 aromatic carbocycles. The van der Waals surface area contributed by atoms with Crippen LogP contribution in [0.1, 0.15) is 0 Å². The molecule has 4 rings (SSSR count). The summed E-state index contributed by atoms with van der Waals surface area (Å²) in [5.74, 6) is 0. The molecular weight excluding hydrogens is 294 g/mol. The van der Waals surface area contributed by atoms with E-state index in [4.69, 9.17) is 0 Å². The lowest BCUT2D eigenvalue weighted by Gasteiger charge is -2.47. The highest BCUT2D eigenvalue weighted by atomic mass is 31.1. The molecule has 0 unspecified atom stereocenters. The minimum atomic E-state index is -0.0258. The van der Waals surface area contributed by atoms with Crippen molar-refractivity contribution in [2.75, 3.05) is 31.8 Å². The van der Waals surface area contributed by atoms with Crippen LogP contribution in [0, 0.1) is 0 Å². The van der Waals surface area contributed by atoms with Crippen molar-refractivity contribution in [2.45, 2.75) is 0 Å². The Balaban J connectivity index is 1.50. The van der Waals surface area contributed by atoms with Crippen LogP contribution in [0.25, 0.3) is 0 Å². The van der Waals surface area contributed by atoms with E-state index < -0.39 is 0 Å². The molecule has 0 saturated carbocycles. The van der Waals surface area contributed by atoms with Crippen LogP contribution in [-0.2, 0) is 0 Å². The maximum absolute atomic E-state index is 2.68. The van der Waals surface area contributed by atoms with Gasteiger partial charge in [0.1, 0.15) is 0 Å². The lowest BCUT2D eigenvalue weighted by molar-refractivity contribution is 0.180. The molecule has 0 amide bonds. The van der Waals surface area contributed by atoms with Crippen LogP contribution in [0.15, 0.2) is 60.7 Å². The van der Waals surface area contributed by atoms with Gasteiger partial charge in [0.15, 0.2) is 0 Å². The smallest absolute Gasteiger partial charge is 0.0520 e. The first-order chi connectivity index (χ1) is 10.4. The Morgan fingerprint density at radius 3 is 1.33 bits per heavy atom.